The van der Waals surface area contributed by atoms with Crippen molar-refractivity contribution in [3.8, 4) is 0 Å². The Morgan fingerprint density at radius 3 is 2.09 bits per heavy atom. The summed E-state index contributed by atoms with van der Waals surface area (Å²) in [4.78, 5) is 21.8. The molecule has 2 heterocycles. The number of carbonyl (C=O) groups is 1. The molecule has 0 bridgehead atoms. The average Bonchev–Trinajstić information content (AvgIpc) is 3.14. The maximum Gasteiger partial charge on any atom is 0.222 e. The third-order valence-electron chi connectivity index (χ3n) is 5.59. The fourth-order valence-electron chi connectivity index (χ4n) is 4.04. The zero-order valence-corrected chi connectivity index (χ0v) is 19.3. The molecule has 0 saturated heterocycles. The summed E-state index contributed by atoms with van der Waals surface area (Å²) in [6.07, 6.45) is 0.622. The lowest BCUT2D eigenvalue weighted by atomic mass is 10.1. The highest BCUT2D eigenvalue weighted by Gasteiger charge is 2.31. The van der Waals surface area contributed by atoms with Crippen LogP contribution >= 0.6 is 0 Å². The van der Waals surface area contributed by atoms with Gasteiger partial charge in [-0.3, -0.25) is 4.79 Å². The van der Waals surface area contributed by atoms with Crippen molar-refractivity contribution < 1.29 is 13.2 Å². The smallest absolute Gasteiger partial charge is 0.222 e. The summed E-state index contributed by atoms with van der Waals surface area (Å²) >= 11 is 0. The first-order chi connectivity index (χ1) is 16.4. The number of amides is 1. The molecule has 0 spiro atoms. The summed E-state index contributed by atoms with van der Waals surface area (Å²) < 4.78 is 29.4. The number of para-hydroxylation sites is 2. The Labute approximate surface area is 197 Å². The molecule has 7 nitrogen and oxygen atoms in total. The van der Waals surface area contributed by atoms with E-state index in [0.717, 1.165) is 5.56 Å². The molecule has 0 saturated carbocycles. The highest BCUT2D eigenvalue weighted by Crippen LogP contribution is 2.37. The predicted octanol–water partition coefficient (Wildman–Crippen LogP) is 4.62. The number of hydrogen-bond acceptors (Lipinski definition) is 5. The van der Waals surface area contributed by atoms with Crippen molar-refractivity contribution in [1.82, 2.24) is 14.5 Å². The summed E-state index contributed by atoms with van der Waals surface area (Å²) in [6, 6.07) is 25.3. The second-order valence-electron chi connectivity index (χ2n) is 7.95. The minimum Gasteiger partial charge on any atom is -0.311 e. The second kappa shape index (κ2) is 8.72. The van der Waals surface area contributed by atoms with Gasteiger partial charge in [0, 0.05) is 13.5 Å². The zero-order chi connectivity index (χ0) is 23.7. The quantitative estimate of drug-likeness (QED) is 0.391. The number of anilines is 1. The summed E-state index contributed by atoms with van der Waals surface area (Å²) in [5.41, 5.74) is 2.95. The van der Waals surface area contributed by atoms with Crippen LogP contribution in [-0.2, 0) is 27.6 Å². The average molecular weight is 471 g/mol. The van der Waals surface area contributed by atoms with Crippen molar-refractivity contribution in [2.75, 3.05) is 5.32 Å². The van der Waals surface area contributed by atoms with Gasteiger partial charge in [-0.15, -0.1) is 0 Å². The largest absolute Gasteiger partial charge is 0.311 e. The number of nitrogens with zero attached hydrogens (tertiary/aromatic N) is 3. The SMILES string of the molecule is CC(=O)Nc1c(S(=O)(=O)c2ccccc2)c2nc3ccccc3nc2n1CCc1ccccc1. The van der Waals surface area contributed by atoms with E-state index in [4.69, 9.17) is 9.97 Å². The number of aromatic nitrogens is 3. The molecule has 0 atom stereocenters. The number of fused-ring (bicyclic) bond motifs is 2. The van der Waals surface area contributed by atoms with Crippen LogP contribution in [0.1, 0.15) is 12.5 Å². The summed E-state index contributed by atoms with van der Waals surface area (Å²) in [5, 5.41) is 2.76. The predicted molar refractivity (Wildman–Crippen MR) is 131 cm³/mol. The number of carbonyl (C=O) groups excluding carboxylic acids is 1. The van der Waals surface area contributed by atoms with E-state index >= 15 is 0 Å². The first-order valence-corrected chi connectivity index (χ1v) is 12.3. The van der Waals surface area contributed by atoms with Crippen molar-refractivity contribution >= 4 is 43.8 Å². The molecular formula is C26H22N4O3S. The summed E-state index contributed by atoms with van der Waals surface area (Å²) in [5.74, 6) is -0.199. The van der Waals surface area contributed by atoms with Crippen LogP contribution < -0.4 is 5.32 Å². The molecule has 34 heavy (non-hydrogen) atoms. The molecule has 1 amide bonds. The van der Waals surface area contributed by atoms with Gasteiger partial charge >= 0.3 is 0 Å². The molecule has 0 unspecified atom stereocenters. The maximum absolute atomic E-state index is 13.8. The lowest BCUT2D eigenvalue weighted by Gasteiger charge is -2.12. The molecular weight excluding hydrogens is 448 g/mol. The van der Waals surface area contributed by atoms with E-state index in [1.807, 2.05) is 48.5 Å². The molecule has 8 heteroatoms. The van der Waals surface area contributed by atoms with E-state index in [9.17, 15) is 13.2 Å². The third-order valence-corrected chi connectivity index (χ3v) is 7.41. The normalized spacial score (nSPS) is 11.7. The van der Waals surface area contributed by atoms with E-state index in [2.05, 4.69) is 5.32 Å². The van der Waals surface area contributed by atoms with Crippen LogP contribution in [-0.4, -0.2) is 28.9 Å². The summed E-state index contributed by atoms with van der Waals surface area (Å²) in [6.45, 7) is 1.77. The molecule has 3 aromatic carbocycles. The number of sulfone groups is 1. The van der Waals surface area contributed by atoms with Gasteiger partial charge < -0.3 is 9.88 Å². The Morgan fingerprint density at radius 2 is 1.44 bits per heavy atom. The molecule has 2 aromatic heterocycles. The standard InChI is InChI=1S/C26H22N4O3S/c1-18(31)27-26-24(34(32,33)20-12-6-3-7-13-20)23-25(29-22-15-9-8-14-21(22)28-23)30(26)17-16-19-10-4-2-5-11-19/h2-15H,16-17H2,1H3,(H,27,31). The van der Waals surface area contributed by atoms with Gasteiger partial charge in [-0.1, -0.05) is 60.7 Å². The third kappa shape index (κ3) is 3.92. The van der Waals surface area contributed by atoms with Gasteiger partial charge in [-0.25, -0.2) is 18.4 Å². The minimum absolute atomic E-state index is 0.0461. The van der Waals surface area contributed by atoms with Gasteiger partial charge in [-0.05, 0) is 36.2 Å². The molecule has 1 N–H and O–H groups in total. The fourth-order valence-corrected chi connectivity index (χ4v) is 5.60. The first-order valence-electron chi connectivity index (χ1n) is 10.9. The second-order valence-corrected chi connectivity index (χ2v) is 9.83. The molecule has 0 aliphatic carbocycles. The lowest BCUT2D eigenvalue weighted by Crippen LogP contribution is -2.15. The fraction of sp³-hybridized carbons (Fsp3) is 0.115. The van der Waals surface area contributed by atoms with Gasteiger partial charge in [0.25, 0.3) is 0 Å². The Bertz CT molecular complexity index is 1610. The van der Waals surface area contributed by atoms with Crippen molar-refractivity contribution in [1.29, 1.82) is 0 Å². The van der Waals surface area contributed by atoms with Crippen molar-refractivity contribution in [2.45, 2.75) is 29.7 Å². The van der Waals surface area contributed by atoms with Crippen LogP contribution in [0.3, 0.4) is 0 Å². The van der Waals surface area contributed by atoms with E-state index in [-0.39, 0.29) is 27.0 Å². The van der Waals surface area contributed by atoms with Gasteiger partial charge in [0.05, 0.1) is 15.9 Å². The van der Waals surface area contributed by atoms with E-state index in [1.54, 1.807) is 28.8 Å². The van der Waals surface area contributed by atoms with Crippen LogP contribution in [0.2, 0.25) is 0 Å². The van der Waals surface area contributed by atoms with Crippen LogP contribution in [0, 0.1) is 0 Å². The Balaban J connectivity index is 1.81. The van der Waals surface area contributed by atoms with Gasteiger partial charge in [-0.2, -0.15) is 0 Å². The van der Waals surface area contributed by atoms with Crippen molar-refractivity contribution in [2.24, 2.45) is 0 Å². The lowest BCUT2D eigenvalue weighted by molar-refractivity contribution is -0.114. The van der Waals surface area contributed by atoms with Crippen molar-refractivity contribution in [3.63, 3.8) is 0 Å². The molecule has 0 radical (unpaired) electrons. The zero-order valence-electron chi connectivity index (χ0n) is 18.5. The highest BCUT2D eigenvalue weighted by molar-refractivity contribution is 7.92. The molecule has 5 aromatic rings. The number of hydrogen-bond donors (Lipinski definition) is 1. The van der Waals surface area contributed by atoms with Crippen LogP contribution in [0.4, 0.5) is 5.82 Å². The molecule has 0 fully saturated rings. The highest BCUT2D eigenvalue weighted by atomic mass is 32.2. The Morgan fingerprint density at radius 1 is 0.853 bits per heavy atom. The van der Waals surface area contributed by atoms with Crippen LogP contribution in [0.15, 0.2) is 94.7 Å². The first kappa shape index (κ1) is 21.8. The number of aryl methyl sites for hydroxylation is 2. The molecule has 170 valence electrons. The van der Waals surface area contributed by atoms with Crippen LogP contribution in [0.25, 0.3) is 22.2 Å². The van der Waals surface area contributed by atoms with Gasteiger partial charge in [0.15, 0.2) is 5.65 Å². The number of benzene rings is 3. The molecule has 0 aliphatic heterocycles. The van der Waals surface area contributed by atoms with Gasteiger partial charge in [0.1, 0.15) is 16.2 Å². The van der Waals surface area contributed by atoms with Gasteiger partial charge in [0.2, 0.25) is 15.7 Å². The molecule has 0 aliphatic rings. The van der Waals surface area contributed by atoms with E-state index < -0.39 is 9.84 Å². The van der Waals surface area contributed by atoms with E-state index in [0.29, 0.717) is 29.6 Å². The Kier molecular flexibility index (Phi) is 5.59. The Hall–Kier alpha value is -4.04. The molecule has 5 rings (SSSR count). The topological polar surface area (TPSA) is 93.9 Å². The minimum atomic E-state index is -4.01. The maximum atomic E-state index is 13.8. The summed E-state index contributed by atoms with van der Waals surface area (Å²) in [7, 11) is -4.01. The van der Waals surface area contributed by atoms with E-state index in [1.165, 1.54) is 19.1 Å². The number of nitrogens with one attached hydrogen (secondary N) is 1. The van der Waals surface area contributed by atoms with Crippen LogP contribution in [0.5, 0.6) is 0 Å². The van der Waals surface area contributed by atoms with Crippen molar-refractivity contribution in [3.05, 3.63) is 90.5 Å². The number of rotatable bonds is 6. The monoisotopic (exact) mass is 470 g/mol.